The average molecular weight is 435 g/mol. The molecular formula is C24H22N2O4S. The fourth-order valence-electron chi connectivity index (χ4n) is 4.02. The van der Waals surface area contributed by atoms with Crippen LogP contribution >= 0.6 is 0 Å². The van der Waals surface area contributed by atoms with Crippen molar-refractivity contribution < 1.29 is 18.4 Å². The van der Waals surface area contributed by atoms with E-state index in [1.54, 1.807) is 18.2 Å². The van der Waals surface area contributed by atoms with Crippen LogP contribution in [0.3, 0.4) is 0 Å². The second-order valence-corrected chi connectivity index (χ2v) is 9.02. The summed E-state index contributed by atoms with van der Waals surface area (Å²) in [5.41, 5.74) is 7.24. The van der Waals surface area contributed by atoms with Crippen molar-refractivity contribution in [1.82, 2.24) is 5.48 Å². The summed E-state index contributed by atoms with van der Waals surface area (Å²) in [5, 5.41) is 8.56. The summed E-state index contributed by atoms with van der Waals surface area (Å²) < 4.78 is 28.6. The van der Waals surface area contributed by atoms with Crippen molar-refractivity contribution in [1.29, 1.82) is 0 Å². The molecule has 7 heteroatoms. The number of carbonyl (C=O) groups is 1. The molecule has 6 nitrogen and oxygen atoms in total. The van der Waals surface area contributed by atoms with Crippen LogP contribution in [0.15, 0.2) is 77.7 Å². The molecule has 0 saturated carbocycles. The summed E-state index contributed by atoms with van der Waals surface area (Å²) in [6, 6.07) is 20.1. The number of benzene rings is 3. The Hall–Kier alpha value is -3.42. The second-order valence-electron chi connectivity index (χ2n) is 7.34. The van der Waals surface area contributed by atoms with Crippen molar-refractivity contribution in [3.8, 4) is 11.1 Å². The minimum Gasteiger partial charge on any atom is -0.288 e. The highest BCUT2D eigenvalue weighted by Gasteiger charge is 2.27. The molecule has 1 aliphatic carbocycles. The van der Waals surface area contributed by atoms with Crippen LogP contribution in [0, 0.1) is 0 Å². The Labute approximate surface area is 181 Å². The first-order valence-corrected chi connectivity index (χ1v) is 11.4. The molecule has 0 aliphatic heterocycles. The van der Waals surface area contributed by atoms with E-state index in [1.807, 2.05) is 24.3 Å². The van der Waals surface area contributed by atoms with Crippen molar-refractivity contribution in [2.75, 3.05) is 4.72 Å². The van der Waals surface area contributed by atoms with Gasteiger partial charge in [-0.2, -0.15) is 0 Å². The molecule has 0 bridgehead atoms. The van der Waals surface area contributed by atoms with E-state index >= 15 is 0 Å². The van der Waals surface area contributed by atoms with Crippen LogP contribution < -0.4 is 10.2 Å². The Kier molecular flexibility index (Phi) is 5.63. The predicted octanol–water partition coefficient (Wildman–Crippen LogP) is 4.53. The van der Waals surface area contributed by atoms with Crippen LogP contribution in [-0.2, 0) is 14.8 Å². The van der Waals surface area contributed by atoms with Gasteiger partial charge in [0.25, 0.3) is 15.9 Å². The summed E-state index contributed by atoms with van der Waals surface area (Å²) >= 11 is 0. The molecule has 3 N–H and O–H groups in total. The first-order chi connectivity index (χ1) is 14.9. The molecule has 1 aliphatic rings. The lowest BCUT2D eigenvalue weighted by Gasteiger charge is -2.13. The molecule has 1 unspecified atom stereocenters. The summed E-state index contributed by atoms with van der Waals surface area (Å²) in [5.74, 6) is -0.460. The Balaban J connectivity index is 1.62. The third-order valence-corrected chi connectivity index (χ3v) is 6.80. The fraction of sp³-hybridized carbons (Fsp3) is 0.125. The van der Waals surface area contributed by atoms with E-state index in [-0.39, 0.29) is 10.8 Å². The second kappa shape index (κ2) is 8.37. The molecule has 0 spiro atoms. The van der Waals surface area contributed by atoms with Crippen LogP contribution in [0.5, 0.6) is 0 Å². The highest BCUT2D eigenvalue weighted by Crippen LogP contribution is 2.47. The Morgan fingerprint density at radius 3 is 2.55 bits per heavy atom. The van der Waals surface area contributed by atoms with E-state index in [4.69, 9.17) is 5.21 Å². The van der Waals surface area contributed by atoms with Gasteiger partial charge in [0.05, 0.1) is 4.90 Å². The number of sulfonamides is 1. The quantitative estimate of drug-likeness (QED) is 0.302. The minimum atomic E-state index is -3.82. The van der Waals surface area contributed by atoms with Gasteiger partial charge in [0.2, 0.25) is 0 Å². The normalized spacial score (nSPS) is 14.8. The summed E-state index contributed by atoms with van der Waals surface area (Å²) in [4.78, 5) is 11.2. The fourth-order valence-corrected chi connectivity index (χ4v) is 5.13. The van der Waals surface area contributed by atoms with E-state index in [9.17, 15) is 13.2 Å². The molecule has 158 valence electrons. The largest absolute Gasteiger partial charge is 0.288 e. The smallest absolute Gasteiger partial charge is 0.267 e. The number of nitrogens with one attached hydrogen (secondary N) is 2. The van der Waals surface area contributed by atoms with Crippen LogP contribution in [0.25, 0.3) is 17.2 Å². The van der Waals surface area contributed by atoms with E-state index in [0.717, 1.165) is 23.6 Å². The molecule has 1 amide bonds. The minimum absolute atomic E-state index is 0.0786. The van der Waals surface area contributed by atoms with E-state index < -0.39 is 15.9 Å². The van der Waals surface area contributed by atoms with Gasteiger partial charge in [-0.15, -0.1) is 0 Å². The van der Waals surface area contributed by atoms with E-state index in [0.29, 0.717) is 11.3 Å². The maximum atomic E-state index is 13.0. The molecule has 0 saturated heterocycles. The number of rotatable bonds is 6. The highest BCUT2D eigenvalue weighted by molar-refractivity contribution is 7.92. The van der Waals surface area contributed by atoms with Gasteiger partial charge in [-0.05, 0) is 64.6 Å². The molecule has 0 radical (unpaired) electrons. The Bertz CT molecular complexity index is 1280. The van der Waals surface area contributed by atoms with Crippen LogP contribution in [0.4, 0.5) is 5.69 Å². The number of carbonyl (C=O) groups excluding carboxylic acids is 1. The van der Waals surface area contributed by atoms with Gasteiger partial charge < -0.3 is 0 Å². The third kappa shape index (κ3) is 4.10. The van der Waals surface area contributed by atoms with E-state index in [1.165, 1.54) is 34.8 Å². The van der Waals surface area contributed by atoms with Crippen molar-refractivity contribution in [3.05, 3.63) is 89.5 Å². The van der Waals surface area contributed by atoms with Crippen LogP contribution in [0.2, 0.25) is 0 Å². The highest BCUT2D eigenvalue weighted by atomic mass is 32.2. The molecule has 31 heavy (non-hydrogen) atoms. The SMILES string of the molecule is CCC1c2ccccc2-c2ccc(NS(=O)(=O)c3cccc(C=CC(=O)NO)c3)cc21. The van der Waals surface area contributed by atoms with Crippen molar-refractivity contribution in [2.45, 2.75) is 24.2 Å². The molecule has 3 aromatic carbocycles. The molecule has 4 rings (SSSR count). The number of anilines is 1. The van der Waals surface area contributed by atoms with E-state index in [2.05, 4.69) is 23.8 Å². The van der Waals surface area contributed by atoms with Gasteiger partial charge in [0, 0.05) is 17.7 Å². The Morgan fingerprint density at radius 1 is 1.00 bits per heavy atom. The third-order valence-electron chi connectivity index (χ3n) is 5.42. The van der Waals surface area contributed by atoms with Crippen LogP contribution in [0.1, 0.15) is 36.0 Å². The topological polar surface area (TPSA) is 95.5 Å². The molecule has 0 aromatic heterocycles. The summed E-state index contributed by atoms with van der Waals surface area (Å²) in [6.45, 7) is 2.13. The van der Waals surface area contributed by atoms with Gasteiger partial charge in [0.15, 0.2) is 0 Å². The summed E-state index contributed by atoms with van der Waals surface area (Å²) in [7, 11) is -3.82. The Morgan fingerprint density at radius 2 is 1.77 bits per heavy atom. The maximum Gasteiger partial charge on any atom is 0.267 e. The lowest BCUT2D eigenvalue weighted by atomic mass is 9.94. The number of hydroxylamine groups is 1. The molecular weight excluding hydrogens is 412 g/mol. The maximum absolute atomic E-state index is 13.0. The molecule has 3 aromatic rings. The van der Waals surface area contributed by atoms with Crippen molar-refractivity contribution in [3.63, 3.8) is 0 Å². The molecule has 0 fully saturated rings. The molecule has 0 heterocycles. The van der Waals surface area contributed by atoms with Crippen molar-refractivity contribution in [2.24, 2.45) is 0 Å². The number of hydrogen-bond donors (Lipinski definition) is 3. The predicted molar refractivity (Wildman–Crippen MR) is 120 cm³/mol. The lowest BCUT2D eigenvalue weighted by Crippen LogP contribution is -2.15. The van der Waals surface area contributed by atoms with Gasteiger partial charge in [-0.25, -0.2) is 13.9 Å². The van der Waals surface area contributed by atoms with Gasteiger partial charge >= 0.3 is 0 Å². The number of amides is 1. The number of hydrogen-bond acceptors (Lipinski definition) is 4. The lowest BCUT2D eigenvalue weighted by molar-refractivity contribution is -0.124. The standard InChI is InChI=1S/C24H22N2O4S/c1-2-19-20-8-3-4-9-21(20)22-12-11-17(15-23(19)22)26-31(29,30)18-7-5-6-16(14-18)10-13-24(27)25-28/h3-15,19,26,28H,2H2,1H3,(H,25,27). The zero-order valence-electron chi connectivity index (χ0n) is 16.9. The van der Waals surface area contributed by atoms with Gasteiger partial charge in [-0.3, -0.25) is 14.7 Å². The van der Waals surface area contributed by atoms with Gasteiger partial charge in [0.1, 0.15) is 0 Å². The first kappa shape index (κ1) is 20.8. The van der Waals surface area contributed by atoms with Crippen molar-refractivity contribution >= 4 is 27.7 Å². The average Bonchev–Trinajstić information content (AvgIpc) is 3.10. The monoisotopic (exact) mass is 434 g/mol. The zero-order chi connectivity index (χ0) is 22.0. The molecule has 1 atom stereocenters. The zero-order valence-corrected chi connectivity index (χ0v) is 17.7. The van der Waals surface area contributed by atoms with Gasteiger partial charge in [-0.1, -0.05) is 49.4 Å². The summed E-state index contributed by atoms with van der Waals surface area (Å²) in [6.07, 6.45) is 3.46. The first-order valence-electron chi connectivity index (χ1n) is 9.91. The number of fused-ring (bicyclic) bond motifs is 3. The van der Waals surface area contributed by atoms with Crippen LogP contribution in [-0.4, -0.2) is 19.5 Å².